The van der Waals surface area contributed by atoms with Crippen molar-refractivity contribution in [2.75, 3.05) is 32.0 Å². The van der Waals surface area contributed by atoms with E-state index in [2.05, 4.69) is 35.8 Å². The number of rotatable bonds is 13. The van der Waals surface area contributed by atoms with Gasteiger partial charge in [-0.15, -0.1) is 0 Å². The van der Waals surface area contributed by atoms with Crippen molar-refractivity contribution in [3.05, 3.63) is 82.9 Å². The number of ketones is 2. The number of anilines is 2. The van der Waals surface area contributed by atoms with Gasteiger partial charge >= 0.3 is 17.9 Å². The fourth-order valence-electron chi connectivity index (χ4n) is 4.08. The van der Waals surface area contributed by atoms with Gasteiger partial charge in [-0.2, -0.15) is 20.5 Å². The second kappa shape index (κ2) is 16.9. The van der Waals surface area contributed by atoms with Crippen molar-refractivity contribution in [2.45, 2.75) is 32.9 Å². The topological polar surface area (TPSA) is 221 Å². The Kier molecular flexibility index (Phi) is 12.8. The molecule has 0 aliphatic rings. The largest absolute Gasteiger partial charge is 0.465 e. The Hall–Kier alpha value is -6.45. The SMILES string of the molecule is COC(=O)c1ccc(C(=O)OC)c(N=NC(C(C)=O)C(=O)Nc2ccc(NC(=O)C(N=Nc3cc(C)ccc3C(=O)OC)C(C)=O)cc2)c1. The Balaban J connectivity index is 1.75. The Morgan fingerprint density at radius 1 is 0.571 bits per heavy atom. The molecule has 3 rings (SSSR count). The molecule has 3 aromatic rings. The fourth-order valence-corrected chi connectivity index (χ4v) is 4.08. The van der Waals surface area contributed by atoms with Crippen molar-refractivity contribution in [3.8, 4) is 0 Å². The summed E-state index contributed by atoms with van der Waals surface area (Å²) in [6.07, 6.45) is 0. The minimum Gasteiger partial charge on any atom is -0.465 e. The molecule has 2 atom stereocenters. The summed E-state index contributed by atoms with van der Waals surface area (Å²) in [5.41, 5.74) is 1.25. The first-order valence-electron chi connectivity index (χ1n) is 14.3. The molecule has 0 bridgehead atoms. The van der Waals surface area contributed by atoms with Gasteiger partial charge < -0.3 is 24.8 Å². The second-order valence-corrected chi connectivity index (χ2v) is 10.2. The minimum absolute atomic E-state index is 0.0387. The molecular weight excluding hydrogens is 640 g/mol. The van der Waals surface area contributed by atoms with Crippen LogP contribution in [0, 0.1) is 6.92 Å². The Morgan fingerprint density at radius 2 is 0.980 bits per heavy atom. The molecule has 0 saturated carbocycles. The van der Waals surface area contributed by atoms with Gasteiger partial charge in [0.2, 0.25) is 12.1 Å². The van der Waals surface area contributed by atoms with Crippen molar-refractivity contribution in [1.82, 2.24) is 0 Å². The van der Waals surface area contributed by atoms with Crippen molar-refractivity contribution < 1.29 is 47.8 Å². The highest BCUT2D eigenvalue weighted by molar-refractivity contribution is 6.11. The highest BCUT2D eigenvalue weighted by Gasteiger charge is 2.26. The summed E-state index contributed by atoms with van der Waals surface area (Å²) in [7, 11) is 3.52. The maximum Gasteiger partial charge on any atom is 0.340 e. The average Bonchev–Trinajstić information content (AvgIpc) is 3.07. The summed E-state index contributed by atoms with van der Waals surface area (Å²) in [6.45, 7) is 4.04. The number of Topliss-reactive ketones (excluding diaryl/α,β-unsaturated/α-hetero) is 2. The smallest absolute Gasteiger partial charge is 0.340 e. The summed E-state index contributed by atoms with van der Waals surface area (Å²) < 4.78 is 14.1. The Labute approximate surface area is 279 Å². The van der Waals surface area contributed by atoms with Crippen LogP contribution in [0.25, 0.3) is 0 Å². The lowest BCUT2D eigenvalue weighted by Gasteiger charge is -2.12. The zero-order valence-corrected chi connectivity index (χ0v) is 27.3. The maximum atomic E-state index is 13.0. The zero-order chi connectivity index (χ0) is 36.2. The number of ether oxygens (including phenoxy) is 3. The number of hydrogen-bond acceptors (Lipinski definition) is 14. The molecule has 0 radical (unpaired) electrons. The third-order valence-corrected chi connectivity index (χ3v) is 6.63. The molecule has 254 valence electrons. The molecule has 0 saturated heterocycles. The van der Waals surface area contributed by atoms with E-state index >= 15 is 0 Å². The molecule has 0 spiro atoms. The van der Waals surface area contributed by atoms with E-state index < -0.39 is 53.4 Å². The van der Waals surface area contributed by atoms with Gasteiger partial charge in [0.1, 0.15) is 11.4 Å². The molecule has 2 N–H and O–H groups in total. The van der Waals surface area contributed by atoms with Crippen molar-refractivity contribution in [2.24, 2.45) is 20.5 Å². The van der Waals surface area contributed by atoms with Gasteiger partial charge in [0.25, 0.3) is 11.8 Å². The maximum absolute atomic E-state index is 13.0. The summed E-state index contributed by atoms with van der Waals surface area (Å²) >= 11 is 0. The third-order valence-electron chi connectivity index (χ3n) is 6.63. The highest BCUT2D eigenvalue weighted by Crippen LogP contribution is 2.25. The van der Waals surface area contributed by atoms with Crippen LogP contribution < -0.4 is 10.6 Å². The summed E-state index contributed by atoms with van der Waals surface area (Å²) in [6, 6.07) is 11.0. The van der Waals surface area contributed by atoms with E-state index in [1.165, 1.54) is 62.8 Å². The molecule has 0 aromatic heterocycles. The number of carbonyl (C=O) groups is 7. The monoisotopic (exact) mass is 672 g/mol. The van der Waals surface area contributed by atoms with Crippen LogP contribution >= 0.6 is 0 Å². The van der Waals surface area contributed by atoms with Crippen molar-refractivity contribution >= 4 is 64.0 Å². The molecule has 49 heavy (non-hydrogen) atoms. The van der Waals surface area contributed by atoms with Gasteiger partial charge in [0.15, 0.2) is 11.6 Å². The number of esters is 3. The van der Waals surface area contributed by atoms with Gasteiger partial charge in [-0.05, 0) is 80.9 Å². The molecule has 0 aliphatic heterocycles. The zero-order valence-electron chi connectivity index (χ0n) is 27.3. The van der Waals surface area contributed by atoms with E-state index in [0.717, 1.165) is 26.5 Å². The molecular formula is C33H32N6O10. The molecule has 16 nitrogen and oxygen atoms in total. The average molecular weight is 673 g/mol. The predicted octanol–water partition coefficient (Wildman–Crippen LogP) is 4.71. The molecule has 0 heterocycles. The number of nitrogens with one attached hydrogen (secondary N) is 2. The number of carbonyl (C=O) groups excluding carboxylic acids is 7. The number of amides is 2. The third kappa shape index (κ3) is 9.77. The number of hydrogen-bond donors (Lipinski definition) is 2. The van der Waals surface area contributed by atoms with Gasteiger partial charge in [0, 0.05) is 11.4 Å². The van der Waals surface area contributed by atoms with Crippen LogP contribution in [0.5, 0.6) is 0 Å². The van der Waals surface area contributed by atoms with E-state index in [1.807, 2.05) is 0 Å². The number of benzene rings is 3. The fraction of sp³-hybridized carbons (Fsp3) is 0.242. The second-order valence-electron chi connectivity index (χ2n) is 10.2. The van der Waals surface area contributed by atoms with Crippen LogP contribution in [0.15, 0.2) is 81.1 Å². The van der Waals surface area contributed by atoms with Crippen LogP contribution in [0.2, 0.25) is 0 Å². The van der Waals surface area contributed by atoms with Gasteiger partial charge in [0.05, 0.1) is 38.0 Å². The molecule has 0 fully saturated rings. The summed E-state index contributed by atoms with van der Waals surface area (Å²) in [5, 5.41) is 20.6. The number of methoxy groups -OCH3 is 3. The summed E-state index contributed by atoms with van der Waals surface area (Å²) in [4.78, 5) is 86.7. The van der Waals surface area contributed by atoms with E-state index in [0.29, 0.717) is 0 Å². The van der Waals surface area contributed by atoms with E-state index in [1.54, 1.807) is 19.1 Å². The van der Waals surface area contributed by atoms with Gasteiger partial charge in [-0.1, -0.05) is 6.07 Å². The number of azo groups is 2. The molecule has 2 unspecified atom stereocenters. The van der Waals surface area contributed by atoms with E-state index in [9.17, 15) is 33.6 Å². The number of aryl methyl sites for hydroxylation is 1. The Morgan fingerprint density at radius 3 is 1.39 bits per heavy atom. The number of nitrogens with zero attached hydrogens (tertiary/aromatic N) is 4. The van der Waals surface area contributed by atoms with Crippen LogP contribution in [0.3, 0.4) is 0 Å². The first-order valence-corrected chi connectivity index (χ1v) is 14.3. The quantitative estimate of drug-likeness (QED) is 0.110. The molecule has 3 aromatic carbocycles. The first kappa shape index (κ1) is 37.0. The highest BCUT2D eigenvalue weighted by atomic mass is 16.5. The van der Waals surface area contributed by atoms with Crippen molar-refractivity contribution in [1.29, 1.82) is 0 Å². The van der Waals surface area contributed by atoms with Crippen LogP contribution in [0.4, 0.5) is 22.7 Å². The summed E-state index contributed by atoms with van der Waals surface area (Å²) in [5.74, 6) is -5.14. The molecule has 16 heteroatoms. The van der Waals surface area contributed by atoms with Crippen LogP contribution in [-0.4, -0.2) is 74.7 Å². The predicted molar refractivity (Wildman–Crippen MR) is 173 cm³/mol. The minimum atomic E-state index is -1.64. The van der Waals surface area contributed by atoms with E-state index in [-0.39, 0.29) is 39.4 Å². The van der Waals surface area contributed by atoms with Gasteiger partial charge in [-0.25, -0.2) is 14.4 Å². The first-order chi connectivity index (χ1) is 23.3. The Bertz CT molecular complexity index is 1850. The van der Waals surface area contributed by atoms with E-state index in [4.69, 9.17) is 9.47 Å². The van der Waals surface area contributed by atoms with Crippen LogP contribution in [0.1, 0.15) is 50.5 Å². The standard InChI is InChI=1S/C33H32N6O10/c1-17-7-13-23(32(45)48-5)25(15-17)36-38-27(18(2)40)29(42)34-21-9-11-22(12-10-21)35-30(43)28(19(3)41)39-37-26-16-20(31(44)47-4)8-14-24(26)33(46)49-6/h7-16,27-28H,1-6H3,(H,34,42)(H,35,43). The van der Waals surface area contributed by atoms with Crippen LogP contribution in [-0.2, 0) is 33.4 Å². The molecule has 0 aliphatic carbocycles. The normalized spacial score (nSPS) is 12.1. The van der Waals surface area contributed by atoms with Gasteiger partial charge in [-0.3, -0.25) is 19.2 Å². The lowest BCUT2D eigenvalue weighted by molar-refractivity contribution is -0.127. The molecule has 2 amide bonds. The van der Waals surface area contributed by atoms with Crippen molar-refractivity contribution in [3.63, 3.8) is 0 Å². The lowest BCUT2D eigenvalue weighted by Crippen LogP contribution is -2.32. The lowest BCUT2D eigenvalue weighted by atomic mass is 10.1.